The van der Waals surface area contributed by atoms with Crippen molar-refractivity contribution < 1.29 is 14.7 Å². The van der Waals surface area contributed by atoms with Crippen LogP contribution in [-0.4, -0.2) is 59.5 Å². The van der Waals surface area contributed by atoms with Gasteiger partial charge in [0.25, 0.3) is 0 Å². The molecule has 1 rings (SSSR count). The number of carbonyl (C=O) groups excluding carboxylic acids is 1. The van der Waals surface area contributed by atoms with Crippen LogP contribution in [0.3, 0.4) is 0 Å². The number of carboxylic acid groups (broad SMARTS) is 1. The Labute approximate surface area is 96.0 Å². The Morgan fingerprint density at radius 3 is 2.56 bits per heavy atom. The smallest absolute Gasteiger partial charge is 0.307 e. The summed E-state index contributed by atoms with van der Waals surface area (Å²) in [6.45, 7) is 5.43. The van der Waals surface area contributed by atoms with E-state index in [-0.39, 0.29) is 11.9 Å². The Morgan fingerprint density at radius 1 is 1.38 bits per heavy atom. The van der Waals surface area contributed by atoms with Gasteiger partial charge in [0.15, 0.2) is 0 Å². The second-order valence-electron chi connectivity index (χ2n) is 4.51. The monoisotopic (exact) mass is 228 g/mol. The van der Waals surface area contributed by atoms with Crippen molar-refractivity contribution in [2.24, 2.45) is 5.92 Å². The van der Waals surface area contributed by atoms with Gasteiger partial charge in [-0.05, 0) is 13.3 Å². The van der Waals surface area contributed by atoms with Gasteiger partial charge in [0.1, 0.15) is 0 Å². The Bertz CT molecular complexity index is 280. The molecule has 0 bridgehead atoms. The molecule has 1 saturated heterocycles. The number of aliphatic carboxylic acids is 1. The Kier molecular flexibility index (Phi) is 4.29. The molecule has 0 aromatic heterocycles. The summed E-state index contributed by atoms with van der Waals surface area (Å²) in [7, 11) is 1.79. The van der Waals surface area contributed by atoms with Gasteiger partial charge in [0.05, 0.1) is 12.5 Å². The summed E-state index contributed by atoms with van der Waals surface area (Å²) < 4.78 is 0. The van der Waals surface area contributed by atoms with Crippen molar-refractivity contribution >= 4 is 11.9 Å². The molecule has 5 nitrogen and oxygen atoms in total. The van der Waals surface area contributed by atoms with E-state index in [9.17, 15) is 9.59 Å². The van der Waals surface area contributed by atoms with Gasteiger partial charge in [-0.3, -0.25) is 14.5 Å². The topological polar surface area (TPSA) is 60.9 Å². The van der Waals surface area contributed by atoms with Crippen LogP contribution in [0.5, 0.6) is 0 Å². The van der Waals surface area contributed by atoms with E-state index in [4.69, 9.17) is 5.11 Å². The highest BCUT2D eigenvalue weighted by Gasteiger charge is 2.28. The van der Waals surface area contributed by atoms with E-state index in [2.05, 4.69) is 0 Å². The van der Waals surface area contributed by atoms with E-state index < -0.39 is 11.9 Å². The molecule has 2 atom stereocenters. The molecule has 1 N–H and O–H groups in total. The third-order valence-corrected chi connectivity index (χ3v) is 3.39. The van der Waals surface area contributed by atoms with Crippen molar-refractivity contribution in [3.63, 3.8) is 0 Å². The van der Waals surface area contributed by atoms with Gasteiger partial charge in [-0.15, -0.1) is 0 Å². The highest BCUT2D eigenvalue weighted by atomic mass is 16.4. The van der Waals surface area contributed by atoms with Crippen LogP contribution in [0.1, 0.15) is 20.3 Å². The van der Waals surface area contributed by atoms with Crippen LogP contribution in [0.2, 0.25) is 0 Å². The minimum atomic E-state index is -0.808. The molecule has 0 aromatic carbocycles. The van der Waals surface area contributed by atoms with E-state index in [1.807, 2.05) is 11.8 Å². The average Bonchev–Trinajstić information content (AvgIpc) is 2.39. The minimum absolute atomic E-state index is 0.0712. The van der Waals surface area contributed by atoms with Crippen LogP contribution in [-0.2, 0) is 9.59 Å². The van der Waals surface area contributed by atoms with E-state index in [1.165, 1.54) is 0 Å². The zero-order valence-corrected chi connectivity index (χ0v) is 10.1. The maximum absolute atomic E-state index is 11.7. The highest BCUT2D eigenvalue weighted by Crippen LogP contribution is 2.14. The predicted octanol–water partition coefficient (Wildman–Crippen LogP) is 0.260. The number of hydrogen-bond acceptors (Lipinski definition) is 3. The van der Waals surface area contributed by atoms with E-state index in [1.54, 1.807) is 18.9 Å². The third kappa shape index (κ3) is 2.95. The lowest BCUT2D eigenvalue weighted by atomic mass is 10.0. The SMILES string of the molecule is CC(C(=O)O)C(C)N1CCCN(C)C(=O)C1. The minimum Gasteiger partial charge on any atom is -0.481 e. The Balaban J connectivity index is 2.65. The quantitative estimate of drug-likeness (QED) is 0.752. The fourth-order valence-electron chi connectivity index (χ4n) is 1.88. The highest BCUT2D eigenvalue weighted by molar-refractivity contribution is 5.78. The zero-order valence-electron chi connectivity index (χ0n) is 10.1. The summed E-state index contributed by atoms with van der Waals surface area (Å²) in [6, 6.07) is -0.104. The van der Waals surface area contributed by atoms with Crippen molar-refractivity contribution in [2.75, 3.05) is 26.7 Å². The first-order valence-corrected chi connectivity index (χ1v) is 5.64. The molecule has 1 fully saturated rings. The van der Waals surface area contributed by atoms with Crippen LogP contribution in [0.25, 0.3) is 0 Å². The van der Waals surface area contributed by atoms with Crippen LogP contribution in [0.4, 0.5) is 0 Å². The molecular weight excluding hydrogens is 208 g/mol. The maximum atomic E-state index is 11.7. The summed E-state index contributed by atoms with van der Waals surface area (Å²) >= 11 is 0. The van der Waals surface area contributed by atoms with E-state index >= 15 is 0 Å². The van der Waals surface area contributed by atoms with Crippen molar-refractivity contribution in [3.05, 3.63) is 0 Å². The second kappa shape index (κ2) is 5.30. The van der Waals surface area contributed by atoms with E-state index in [0.29, 0.717) is 6.54 Å². The average molecular weight is 228 g/mol. The molecule has 1 aliphatic rings. The molecule has 0 spiro atoms. The maximum Gasteiger partial charge on any atom is 0.307 e. The molecule has 16 heavy (non-hydrogen) atoms. The molecule has 1 heterocycles. The summed E-state index contributed by atoms with van der Waals surface area (Å²) in [6.07, 6.45) is 0.902. The van der Waals surface area contributed by atoms with Gasteiger partial charge >= 0.3 is 5.97 Å². The number of likely N-dealkylation sites (N-methyl/N-ethyl adjacent to an activating group) is 1. The van der Waals surface area contributed by atoms with Gasteiger partial charge in [-0.25, -0.2) is 0 Å². The van der Waals surface area contributed by atoms with Gasteiger partial charge in [0.2, 0.25) is 5.91 Å². The largest absolute Gasteiger partial charge is 0.481 e. The Morgan fingerprint density at radius 2 is 2.00 bits per heavy atom. The molecule has 1 aliphatic heterocycles. The number of carboxylic acids is 1. The molecule has 1 amide bonds. The molecule has 0 aliphatic carbocycles. The number of carbonyl (C=O) groups is 2. The van der Waals surface area contributed by atoms with Gasteiger partial charge < -0.3 is 10.0 Å². The molecule has 92 valence electrons. The first-order chi connectivity index (χ1) is 7.43. The molecule has 2 unspecified atom stereocenters. The van der Waals surface area contributed by atoms with Crippen molar-refractivity contribution in [2.45, 2.75) is 26.3 Å². The summed E-state index contributed by atoms with van der Waals surface area (Å²) in [5.74, 6) is -1.18. The van der Waals surface area contributed by atoms with Crippen LogP contribution in [0, 0.1) is 5.92 Å². The standard InChI is InChI=1S/C11H20N2O3/c1-8(11(15)16)9(2)13-6-4-5-12(3)10(14)7-13/h8-9H,4-7H2,1-3H3,(H,15,16). The van der Waals surface area contributed by atoms with Crippen LogP contribution >= 0.6 is 0 Å². The number of rotatable bonds is 3. The summed E-state index contributed by atoms with van der Waals surface area (Å²) in [5, 5.41) is 8.95. The number of amides is 1. The molecular formula is C11H20N2O3. The van der Waals surface area contributed by atoms with Crippen molar-refractivity contribution in [3.8, 4) is 0 Å². The Hall–Kier alpha value is -1.10. The molecule has 0 radical (unpaired) electrons. The molecule has 0 aromatic rings. The fraction of sp³-hybridized carbons (Fsp3) is 0.818. The molecule has 5 heteroatoms. The lowest BCUT2D eigenvalue weighted by Gasteiger charge is -2.29. The van der Waals surface area contributed by atoms with Crippen molar-refractivity contribution in [1.82, 2.24) is 9.80 Å². The zero-order chi connectivity index (χ0) is 12.3. The second-order valence-corrected chi connectivity index (χ2v) is 4.51. The number of nitrogens with zero attached hydrogens (tertiary/aromatic N) is 2. The molecule has 0 saturated carbocycles. The summed E-state index contributed by atoms with van der Waals surface area (Å²) in [5.41, 5.74) is 0. The van der Waals surface area contributed by atoms with E-state index in [0.717, 1.165) is 19.5 Å². The van der Waals surface area contributed by atoms with Crippen LogP contribution < -0.4 is 0 Å². The predicted molar refractivity (Wildman–Crippen MR) is 60.1 cm³/mol. The third-order valence-electron chi connectivity index (χ3n) is 3.39. The first-order valence-electron chi connectivity index (χ1n) is 5.64. The van der Waals surface area contributed by atoms with Crippen LogP contribution in [0.15, 0.2) is 0 Å². The number of hydrogen-bond donors (Lipinski definition) is 1. The fourth-order valence-corrected chi connectivity index (χ4v) is 1.88. The normalized spacial score (nSPS) is 22.7. The van der Waals surface area contributed by atoms with Gasteiger partial charge in [-0.1, -0.05) is 6.92 Å². The van der Waals surface area contributed by atoms with Gasteiger partial charge in [-0.2, -0.15) is 0 Å². The first kappa shape index (κ1) is 13.0. The van der Waals surface area contributed by atoms with Gasteiger partial charge in [0, 0.05) is 26.2 Å². The summed E-state index contributed by atoms with van der Waals surface area (Å²) in [4.78, 5) is 26.2. The lowest BCUT2D eigenvalue weighted by Crippen LogP contribution is -2.44. The van der Waals surface area contributed by atoms with Crippen molar-refractivity contribution in [1.29, 1.82) is 0 Å². The lowest BCUT2D eigenvalue weighted by molar-refractivity contribution is -0.144.